The number of anilines is 1. The molecule has 0 aliphatic rings. The number of benzene rings is 3. The molecular weight excluding hydrogens is 554 g/mol. The number of amides is 2. The summed E-state index contributed by atoms with van der Waals surface area (Å²) in [4.78, 5) is 28.6. The molecule has 3 aromatic carbocycles. The van der Waals surface area contributed by atoms with Crippen LogP contribution in [0.2, 0.25) is 0 Å². The summed E-state index contributed by atoms with van der Waals surface area (Å²) in [6.45, 7) is 9.54. The van der Waals surface area contributed by atoms with Crippen molar-refractivity contribution in [3.63, 3.8) is 0 Å². The average molecular weight is 596 g/mol. The Hall–Kier alpha value is -4.05. The van der Waals surface area contributed by atoms with E-state index in [9.17, 15) is 18.0 Å². The molecule has 0 unspecified atom stereocenters. The molecule has 1 atom stereocenters. The molecular formula is C32H41N3O6S. The highest BCUT2D eigenvalue weighted by atomic mass is 32.2. The number of hydrogen-bond donors (Lipinski definition) is 1. The fourth-order valence-electron chi connectivity index (χ4n) is 4.39. The van der Waals surface area contributed by atoms with Crippen LogP contribution < -0.4 is 19.1 Å². The van der Waals surface area contributed by atoms with Gasteiger partial charge in [-0.3, -0.25) is 13.9 Å². The summed E-state index contributed by atoms with van der Waals surface area (Å²) < 4.78 is 39.9. The lowest BCUT2D eigenvalue weighted by Gasteiger charge is -2.32. The highest BCUT2D eigenvalue weighted by Crippen LogP contribution is 2.32. The zero-order valence-corrected chi connectivity index (χ0v) is 26.2. The van der Waals surface area contributed by atoms with Gasteiger partial charge in [0.15, 0.2) is 11.5 Å². The fraction of sp³-hybridized carbons (Fsp3) is 0.375. The molecule has 0 bridgehead atoms. The number of aryl methyl sites for hydroxylation is 2. The number of carbonyl (C=O) groups excluding carboxylic acids is 2. The van der Waals surface area contributed by atoms with Crippen LogP contribution in [0.4, 0.5) is 5.69 Å². The minimum Gasteiger partial charge on any atom is -0.493 e. The van der Waals surface area contributed by atoms with Gasteiger partial charge in [0, 0.05) is 19.2 Å². The number of methoxy groups -OCH3 is 2. The van der Waals surface area contributed by atoms with Gasteiger partial charge in [-0.15, -0.1) is 0 Å². The van der Waals surface area contributed by atoms with Gasteiger partial charge in [-0.2, -0.15) is 0 Å². The van der Waals surface area contributed by atoms with E-state index in [1.165, 1.54) is 37.3 Å². The van der Waals surface area contributed by atoms with E-state index in [1.54, 1.807) is 31.2 Å². The van der Waals surface area contributed by atoms with Crippen molar-refractivity contribution in [3.8, 4) is 11.5 Å². The number of carbonyl (C=O) groups is 2. The number of ether oxygens (including phenoxy) is 2. The highest BCUT2D eigenvalue weighted by molar-refractivity contribution is 7.92. The highest BCUT2D eigenvalue weighted by Gasteiger charge is 2.33. The van der Waals surface area contributed by atoms with Crippen LogP contribution in [0.25, 0.3) is 0 Å². The van der Waals surface area contributed by atoms with Crippen LogP contribution in [-0.2, 0) is 26.2 Å². The number of hydrogen-bond acceptors (Lipinski definition) is 6. The molecule has 0 saturated carbocycles. The molecule has 0 aliphatic carbocycles. The number of rotatable bonds is 13. The maximum Gasteiger partial charge on any atom is 0.264 e. The van der Waals surface area contributed by atoms with Gasteiger partial charge in [0.1, 0.15) is 12.6 Å². The van der Waals surface area contributed by atoms with Gasteiger partial charge in [-0.25, -0.2) is 8.42 Å². The Balaban J connectivity index is 2.05. The molecule has 0 radical (unpaired) electrons. The maximum absolute atomic E-state index is 14.1. The van der Waals surface area contributed by atoms with Crippen molar-refractivity contribution >= 4 is 27.5 Å². The lowest BCUT2D eigenvalue weighted by atomic mass is 10.1. The van der Waals surface area contributed by atoms with E-state index in [4.69, 9.17) is 9.47 Å². The Morgan fingerprint density at radius 3 is 2.12 bits per heavy atom. The van der Waals surface area contributed by atoms with Crippen LogP contribution in [0, 0.1) is 19.8 Å². The monoisotopic (exact) mass is 595 g/mol. The molecule has 3 aromatic rings. The Kier molecular flexibility index (Phi) is 11.0. The smallest absolute Gasteiger partial charge is 0.264 e. The Labute approximate surface area is 249 Å². The summed E-state index contributed by atoms with van der Waals surface area (Å²) in [5.74, 6) is 0.0126. The second-order valence-electron chi connectivity index (χ2n) is 10.7. The summed E-state index contributed by atoms with van der Waals surface area (Å²) >= 11 is 0. The number of sulfonamides is 1. The lowest BCUT2D eigenvalue weighted by Crippen LogP contribution is -2.51. The summed E-state index contributed by atoms with van der Waals surface area (Å²) in [5, 5.41) is 2.89. The summed E-state index contributed by atoms with van der Waals surface area (Å²) in [6.07, 6.45) is 0. The minimum atomic E-state index is -4.25. The van der Waals surface area contributed by atoms with Crippen molar-refractivity contribution in [2.75, 3.05) is 31.6 Å². The fourth-order valence-corrected chi connectivity index (χ4v) is 5.82. The van der Waals surface area contributed by atoms with Crippen LogP contribution in [0.1, 0.15) is 37.5 Å². The predicted octanol–water partition coefficient (Wildman–Crippen LogP) is 4.71. The van der Waals surface area contributed by atoms with Gasteiger partial charge >= 0.3 is 0 Å². The Bertz CT molecular complexity index is 1490. The molecule has 0 aliphatic heterocycles. The second kappa shape index (κ2) is 14.2. The standard InChI is InChI=1S/C32H41N3O6S/c1-22(2)19-33-32(37)25(5)34(20-26-10-8-9-24(4)17-26)31(36)21-35(27-13-11-23(3)12-14-27)42(38,39)28-15-16-29(40-6)30(18-28)41-7/h8-18,22,25H,19-21H2,1-7H3,(H,33,37)/t25-/m0/s1. The molecule has 10 heteroatoms. The molecule has 9 nitrogen and oxygen atoms in total. The predicted molar refractivity (Wildman–Crippen MR) is 164 cm³/mol. The molecule has 0 spiro atoms. The third kappa shape index (κ3) is 8.03. The van der Waals surface area contributed by atoms with E-state index in [2.05, 4.69) is 5.32 Å². The van der Waals surface area contributed by atoms with Gasteiger partial charge in [-0.1, -0.05) is 61.4 Å². The Morgan fingerprint density at radius 2 is 1.52 bits per heavy atom. The summed E-state index contributed by atoms with van der Waals surface area (Å²) in [5.41, 5.74) is 3.09. The quantitative estimate of drug-likeness (QED) is 0.307. The molecule has 2 amide bonds. The van der Waals surface area contributed by atoms with Crippen molar-refractivity contribution in [1.82, 2.24) is 10.2 Å². The van der Waals surface area contributed by atoms with Gasteiger partial charge in [-0.05, 0) is 56.5 Å². The van der Waals surface area contributed by atoms with E-state index in [0.29, 0.717) is 18.0 Å². The first kappa shape index (κ1) is 32.5. The largest absolute Gasteiger partial charge is 0.493 e. The maximum atomic E-state index is 14.1. The van der Waals surface area contributed by atoms with Gasteiger partial charge in [0.2, 0.25) is 11.8 Å². The molecule has 0 fully saturated rings. The second-order valence-corrected chi connectivity index (χ2v) is 12.6. The van der Waals surface area contributed by atoms with Crippen molar-refractivity contribution < 1.29 is 27.5 Å². The minimum absolute atomic E-state index is 0.0681. The summed E-state index contributed by atoms with van der Waals surface area (Å²) in [6, 6.07) is 18.0. The molecule has 0 heterocycles. The van der Waals surface area contributed by atoms with Gasteiger partial charge in [0.25, 0.3) is 10.0 Å². The normalized spacial score (nSPS) is 12.0. The average Bonchev–Trinajstić information content (AvgIpc) is 2.97. The van der Waals surface area contributed by atoms with Crippen LogP contribution in [-0.4, -0.2) is 58.5 Å². The third-order valence-corrected chi connectivity index (χ3v) is 8.60. The zero-order valence-electron chi connectivity index (χ0n) is 25.4. The number of nitrogens with zero attached hydrogens (tertiary/aromatic N) is 2. The van der Waals surface area contributed by atoms with Crippen LogP contribution in [0.15, 0.2) is 71.6 Å². The van der Waals surface area contributed by atoms with Crippen molar-refractivity contribution in [3.05, 3.63) is 83.4 Å². The van der Waals surface area contributed by atoms with Crippen LogP contribution in [0.5, 0.6) is 11.5 Å². The zero-order chi connectivity index (χ0) is 31.0. The first-order valence-electron chi connectivity index (χ1n) is 13.8. The van der Waals surface area contributed by atoms with Crippen LogP contribution in [0.3, 0.4) is 0 Å². The van der Waals surface area contributed by atoms with E-state index < -0.39 is 28.5 Å². The van der Waals surface area contributed by atoms with Crippen molar-refractivity contribution in [2.24, 2.45) is 5.92 Å². The molecule has 0 aromatic heterocycles. The first-order chi connectivity index (χ1) is 19.9. The SMILES string of the molecule is COc1ccc(S(=O)(=O)N(CC(=O)N(Cc2cccc(C)c2)[C@@H](C)C(=O)NCC(C)C)c2ccc(C)cc2)cc1OC. The van der Waals surface area contributed by atoms with Crippen LogP contribution >= 0.6 is 0 Å². The molecule has 3 rings (SSSR count). The third-order valence-electron chi connectivity index (χ3n) is 6.83. The molecule has 42 heavy (non-hydrogen) atoms. The van der Waals surface area contributed by atoms with Crippen molar-refractivity contribution in [1.29, 1.82) is 0 Å². The van der Waals surface area contributed by atoms with E-state index in [0.717, 1.165) is 21.0 Å². The van der Waals surface area contributed by atoms with E-state index in [-0.39, 0.29) is 29.0 Å². The topological polar surface area (TPSA) is 105 Å². The molecule has 1 N–H and O–H groups in total. The number of nitrogens with one attached hydrogen (secondary N) is 1. The van der Waals surface area contributed by atoms with Gasteiger partial charge < -0.3 is 19.7 Å². The van der Waals surface area contributed by atoms with Gasteiger partial charge in [0.05, 0.1) is 24.8 Å². The molecule has 226 valence electrons. The first-order valence-corrected chi connectivity index (χ1v) is 15.3. The summed E-state index contributed by atoms with van der Waals surface area (Å²) in [7, 11) is -1.37. The lowest BCUT2D eigenvalue weighted by molar-refractivity contribution is -0.139. The van der Waals surface area contributed by atoms with E-state index in [1.807, 2.05) is 52.0 Å². The van der Waals surface area contributed by atoms with E-state index >= 15 is 0 Å². The van der Waals surface area contributed by atoms with Crippen molar-refractivity contribution in [2.45, 2.75) is 52.1 Å². The molecule has 0 saturated heterocycles. The Morgan fingerprint density at radius 1 is 0.857 bits per heavy atom.